The summed E-state index contributed by atoms with van der Waals surface area (Å²) in [5, 5.41) is 45.9. The second-order valence-corrected chi connectivity index (χ2v) is 40.9. The first kappa shape index (κ1) is 108. The van der Waals surface area contributed by atoms with E-state index in [1.807, 2.05) is 20.8 Å². The zero-order valence-corrected chi connectivity index (χ0v) is 76.3. The summed E-state index contributed by atoms with van der Waals surface area (Å²) in [6, 6.07) is -0.753. The molecule has 0 aromatic rings. The van der Waals surface area contributed by atoms with Crippen LogP contribution in [0.5, 0.6) is 0 Å². The fraction of sp³-hybridized carbons (Fsp3) is 0.876. The van der Waals surface area contributed by atoms with E-state index < -0.39 is 35.7 Å². The molecule has 0 saturated heterocycles. The molecule has 6 amide bonds. The summed E-state index contributed by atoms with van der Waals surface area (Å²) in [7, 11) is 0. The Bertz CT molecular complexity index is 3250. The molecule has 20 N–H and O–H groups in total. The van der Waals surface area contributed by atoms with Crippen molar-refractivity contribution < 1.29 is 94.8 Å². The summed E-state index contributed by atoms with van der Waals surface area (Å²) in [4.78, 5) is 149. The maximum atomic E-state index is 14.3. The first-order valence-electron chi connectivity index (χ1n) is 48.6. The van der Waals surface area contributed by atoms with Crippen molar-refractivity contribution in [3.63, 3.8) is 0 Å². The molecule has 708 valence electrons. The second-order valence-electron chi connectivity index (χ2n) is 40.9. The van der Waals surface area contributed by atoms with E-state index in [9.17, 15) is 57.5 Å². The maximum absolute atomic E-state index is 14.3. The SMILES string of the molecule is C.C.CC(=O)C1CCCCC1NC(=O)C1CC(C)CCC1C.CC(=O)C1CCCCC1NC(=O)C1CC([NH3+])CCC1NC(=O)C1CCCCC1NC(=O)C1CC([NH3+])CCC1NC(=O)C1CCCCC1NC(=O)C1CC([NH3+])CCC1C.CC(=O)[C@@H]1CCCC[C@H]1N.CC1CC[C@@H](C)[C@H](C(=O)O)C1.C[C@@H]1CCCC[C@H]1C(=O)O.C[C@@H]1CC[C@@H](C)[C@H](C(=O)O)C1.[3H]F. The van der Waals surface area contributed by atoms with Gasteiger partial charge in [-0.3, -0.25) is 62.3 Å². The van der Waals surface area contributed by atoms with Crippen LogP contribution in [0, 0.1) is 118 Å². The molecule has 0 spiro atoms. The zero-order chi connectivity index (χ0) is 90.2. The number of amides is 6. The fourth-order valence-corrected chi connectivity index (χ4v) is 22.8. The van der Waals surface area contributed by atoms with Gasteiger partial charge in [0.05, 0.1) is 59.6 Å². The van der Waals surface area contributed by atoms with Gasteiger partial charge in [-0.25, -0.2) is 0 Å². The molecule has 30 atom stereocenters. The van der Waals surface area contributed by atoms with Crippen LogP contribution in [-0.2, 0) is 57.5 Å². The third-order valence-corrected chi connectivity index (χ3v) is 31.1. The molecule has 12 aliphatic carbocycles. The molecule has 0 heterocycles. The van der Waals surface area contributed by atoms with Crippen LogP contribution in [0.1, 0.15) is 361 Å². The van der Waals surface area contributed by atoms with E-state index in [4.69, 9.17) is 25.8 Å². The Morgan fingerprint density at radius 3 is 0.780 bits per heavy atom. The number of carboxylic acid groups (broad SMARTS) is 3. The molecule has 21 unspecified atom stereocenters. The Hall–Kier alpha value is -5.99. The lowest BCUT2D eigenvalue weighted by Gasteiger charge is -2.39. The third-order valence-electron chi connectivity index (χ3n) is 31.1. The number of halogens is 1. The Balaban J connectivity index is 0.000000390. The molecule has 0 aliphatic heterocycles. The van der Waals surface area contributed by atoms with Crippen molar-refractivity contribution in [1.82, 2.24) is 31.9 Å². The van der Waals surface area contributed by atoms with Crippen molar-refractivity contribution in [1.29, 1.82) is 1.45 Å². The number of carboxylic acids is 3. The van der Waals surface area contributed by atoms with Gasteiger partial charge < -0.3 is 70.2 Å². The van der Waals surface area contributed by atoms with Crippen molar-refractivity contribution in [2.75, 3.05) is 0 Å². The lowest BCUT2D eigenvalue weighted by atomic mass is 9.74. The fourth-order valence-electron chi connectivity index (χ4n) is 22.8. The molecule has 26 heteroatoms. The Kier molecular flexibility index (Phi) is 47.5. The van der Waals surface area contributed by atoms with E-state index in [-0.39, 0.29) is 181 Å². The van der Waals surface area contributed by atoms with Crippen LogP contribution in [0.15, 0.2) is 0 Å². The number of quaternary nitrogens is 3. The minimum Gasteiger partial charge on any atom is -0.481 e. The second kappa shape index (κ2) is 54.4. The highest BCUT2D eigenvalue weighted by atomic mass is 19.0. The smallest absolute Gasteiger partial charge is 0.306 e. The van der Waals surface area contributed by atoms with E-state index in [0.29, 0.717) is 92.3 Å². The molecule has 25 nitrogen and oxygen atoms in total. The molecule has 12 rings (SSSR count). The van der Waals surface area contributed by atoms with Gasteiger partial charge in [-0.15, -0.1) is 0 Å². The molecule has 0 radical (unpaired) electrons. The van der Waals surface area contributed by atoms with Crippen LogP contribution in [0.3, 0.4) is 0 Å². The first-order valence-corrected chi connectivity index (χ1v) is 48.2. The molecule has 0 bridgehead atoms. The lowest BCUT2D eigenvalue weighted by Crippen LogP contribution is -2.67. The predicted molar refractivity (Wildman–Crippen MR) is 480 cm³/mol. The van der Waals surface area contributed by atoms with Gasteiger partial charge in [0.2, 0.25) is 35.4 Å². The van der Waals surface area contributed by atoms with Crippen molar-refractivity contribution in [3.8, 4) is 0 Å². The lowest BCUT2D eigenvalue weighted by molar-refractivity contribution is -0.428. The van der Waals surface area contributed by atoms with Gasteiger partial charge >= 0.3 is 17.9 Å². The highest BCUT2D eigenvalue weighted by Crippen LogP contribution is 2.40. The molecular formula is C97H176FN10O15+3. The monoisotopic (exact) mass is 1740 g/mol. The number of aliphatic carboxylic acids is 3. The average Bonchev–Trinajstić information content (AvgIpc) is 0.811. The van der Waals surface area contributed by atoms with E-state index >= 15 is 0 Å². The van der Waals surface area contributed by atoms with Crippen LogP contribution in [-0.4, -0.2) is 148 Å². The van der Waals surface area contributed by atoms with Gasteiger partial charge in [-0.05, 0) is 209 Å². The highest BCUT2D eigenvalue weighted by Gasteiger charge is 2.46. The standard InChI is InChI=1S/C44H74N8O6.C17H29NO2.2C9H16O2.C8H15NO.C8H14O2.2CH4.FH/c1-24-15-16-26(45)21-32(24)42(56)49-36-13-7-4-10-30(36)40(54)52-39-20-18-28(47)23-34(39)44(58)50-37-14-8-5-11-31(37)41(55)51-38-19-17-27(46)22-33(38)43(57)48-35-12-6-3-9-29(35)25(2)53;1-11-8-9-12(2)15(10-11)17(20)18-16-7-5-4-6-14(16)13(3)19;2*1-6-3-4-7(2)8(5-6)9(10)11;1-6(10)7-4-2-3-5-8(7)9;1-6-4-2-3-5-7(6)8(9)10;;;/h24,26-39H,3-23,45-47H2,1-2H3,(H,48,57)(H,49,56)(H,50,58)(H,51,55)(H,52,54);11-12,14-16H,4-10H2,1-3H3,(H,18,20);2*6-8H,3-5H2,1-2H3,(H,10,11);7-8H,2-5,9H2,1H3;6-7H,2-5H2,1H3,(H,9,10);2*1H4;1H/p+3/t;;6?,7-,8-;6-,7-,8-;7-,8+;6-,7-;;;/m..1101.../s1/i/hT. The number of carbonyl (C=O) groups is 12. The van der Waals surface area contributed by atoms with Gasteiger partial charge in [0.1, 0.15) is 17.3 Å². The van der Waals surface area contributed by atoms with Gasteiger partial charge in [-0.1, -0.05) is 167 Å². The normalized spacial score (nSPS) is 37.3. The molecule has 12 saturated carbocycles. The molecule has 12 aliphatic rings. The summed E-state index contributed by atoms with van der Waals surface area (Å²) in [6.07, 6.45) is 39.4. The minimum atomic E-state index is -0.607. The topological polar surface area (TPSA) is 447 Å². The predicted octanol–water partition coefficient (Wildman–Crippen LogP) is 12.5. The number of rotatable bonds is 18. The Morgan fingerprint density at radius 1 is 0.260 bits per heavy atom. The summed E-state index contributed by atoms with van der Waals surface area (Å²) in [5.41, 5.74) is 18.6. The number of nitrogens with one attached hydrogen (secondary N) is 6. The van der Waals surface area contributed by atoms with Crippen LogP contribution in [0.2, 0.25) is 0 Å². The van der Waals surface area contributed by atoms with Crippen molar-refractivity contribution >= 4 is 70.7 Å². The Labute approximate surface area is 740 Å². The first-order chi connectivity index (χ1) is 57.9. The zero-order valence-electron chi connectivity index (χ0n) is 77.3. The molecular weight excluding hydrogens is 1560 g/mol. The van der Waals surface area contributed by atoms with Gasteiger partial charge in [-0.2, -0.15) is 0 Å². The largest absolute Gasteiger partial charge is 0.481 e. The molecule has 0 aromatic heterocycles. The Morgan fingerprint density at radius 2 is 0.480 bits per heavy atom. The van der Waals surface area contributed by atoms with Crippen LogP contribution < -0.4 is 54.8 Å². The summed E-state index contributed by atoms with van der Waals surface area (Å²) in [6.45, 7) is 21.9. The number of carbonyl (C=O) groups excluding carboxylic acids is 9. The summed E-state index contributed by atoms with van der Waals surface area (Å²) >= 11 is 0. The molecule has 0 aromatic carbocycles. The number of hydrogen-bond donors (Lipinski definition) is 13. The van der Waals surface area contributed by atoms with Crippen LogP contribution >= 0.6 is 0 Å². The quantitative estimate of drug-likeness (QED) is 0.0606. The summed E-state index contributed by atoms with van der Waals surface area (Å²) < 4.78 is 13.0. The van der Waals surface area contributed by atoms with Gasteiger partial charge in [0.25, 0.3) is 1.45 Å². The number of nitrogens with two attached hydrogens (primary N) is 1. The van der Waals surface area contributed by atoms with Crippen LogP contribution in [0.25, 0.3) is 0 Å². The van der Waals surface area contributed by atoms with E-state index in [2.05, 4.69) is 85.2 Å². The summed E-state index contributed by atoms with van der Waals surface area (Å²) in [5.74, 6) is 0.561. The van der Waals surface area contributed by atoms with Gasteiger partial charge in [0, 0.05) is 104 Å². The van der Waals surface area contributed by atoms with E-state index in [0.717, 1.165) is 186 Å². The number of Topliss-reactive ketones (excluding diaryl/α,β-unsaturated/α-hetero) is 3. The van der Waals surface area contributed by atoms with E-state index in [1.54, 1.807) is 20.8 Å². The highest BCUT2D eigenvalue weighted by molar-refractivity contribution is 5.88. The molecule has 123 heavy (non-hydrogen) atoms. The van der Waals surface area contributed by atoms with Crippen molar-refractivity contribution in [2.45, 2.75) is 421 Å². The molecule has 12 fully saturated rings. The third kappa shape index (κ3) is 34.2. The average molecular weight is 1740 g/mol. The number of ketones is 3. The number of hydrogen-bond acceptors (Lipinski definition) is 13. The van der Waals surface area contributed by atoms with Crippen LogP contribution in [0.4, 0.5) is 4.72 Å². The van der Waals surface area contributed by atoms with E-state index in [1.165, 1.54) is 38.5 Å². The van der Waals surface area contributed by atoms with Gasteiger partial charge in [0.15, 0.2) is 0 Å². The maximum Gasteiger partial charge on any atom is 0.306 e. The van der Waals surface area contributed by atoms with Crippen molar-refractivity contribution in [3.05, 3.63) is 0 Å². The van der Waals surface area contributed by atoms with Crippen molar-refractivity contribution in [2.24, 2.45) is 124 Å². The minimum absolute atomic E-state index is 0.